The quantitative estimate of drug-likeness (QED) is 0.837. The first kappa shape index (κ1) is 10.6. The van der Waals surface area contributed by atoms with Gasteiger partial charge in [-0.2, -0.15) is 0 Å². The third-order valence-corrected chi connectivity index (χ3v) is 3.47. The Morgan fingerprint density at radius 2 is 2.18 bits per heavy atom. The molecule has 1 aromatic rings. The molecule has 0 spiro atoms. The molecule has 2 saturated heterocycles. The highest BCUT2D eigenvalue weighted by atomic mass is 16.6. The number of rotatable bonds is 2. The first-order valence-electron chi connectivity index (χ1n) is 6.06. The van der Waals surface area contributed by atoms with Crippen LogP contribution in [0.25, 0.3) is 0 Å². The van der Waals surface area contributed by atoms with Crippen molar-refractivity contribution in [2.24, 2.45) is 0 Å². The molecule has 2 aliphatic heterocycles. The molecule has 2 atom stereocenters. The summed E-state index contributed by atoms with van der Waals surface area (Å²) in [5.41, 5.74) is 1.16. The van der Waals surface area contributed by atoms with E-state index in [0.29, 0.717) is 6.54 Å². The fraction of sp³-hybridized carbons (Fsp3) is 0.462. The van der Waals surface area contributed by atoms with Gasteiger partial charge in [0.15, 0.2) is 0 Å². The Morgan fingerprint density at radius 3 is 3.00 bits per heavy atom. The molecule has 2 fully saturated rings. The number of amides is 1. The largest absolute Gasteiger partial charge is 0.443 e. The van der Waals surface area contributed by atoms with E-state index in [1.165, 1.54) is 0 Å². The van der Waals surface area contributed by atoms with Gasteiger partial charge in [-0.25, -0.2) is 4.79 Å². The maximum atomic E-state index is 11.8. The van der Waals surface area contributed by atoms with Crippen molar-refractivity contribution in [1.82, 2.24) is 10.2 Å². The maximum Gasteiger partial charge on any atom is 0.410 e. The van der Waals surface area contributed by atoms with E-state index in [1.54, 1.807) is 0 Å². The minimum Gasteiger partial charge on any atom is -0.443 e. The Balaban J connectivity index is 1.76. The summed E-state index contributed by atoms with van der Waals surface area (Å²) in [4.78, 5) is 13.7. The molecular formula is C13H16N2O2. The number of piperidine rings is 1. The van der Waals surface area contributed by atoms with Crippen LogP contribution in [0, 0.1) is 0 Å². The summed E-state index contributed by atoms with van der Waals surface area (Å²) in [6.45, 7) is 2.39. The number of carbonyl (C=O) groups is 1. The van der Waals surface area contributed by atoms with Crippen LogP contribution in [0.4, 0.5) is 4.79 Å². The summed E-state index contributed by atoms with van der Waals surface area (Å²) in [6, 6.07) is 10.3. The standard InChI is InChI=1S/C13H16N2O2/c16-13-15(9-10-4-2-1-3-5-10)11-6-7-14-8-12(11)17-13/h1-5,11-12,14H,6-9H2/t11-,12+/m1/s1. The lowest BCUT2D eigenvalue weighted by atomic mass is 10.0. The molecule has 0 bridgehead atoms. The fourth-order valence-corrected chi connectivity index (χ4v) is 2.59. The van der Waals surface area contributed by atoms with Crippen LogP contribution in [0.5, 0.6) is 0 Å². The highest BCUT2D eigenvalue weighted by Crippen LogP contribution is 2.25. The van der Waals surface area contributed by atoms with Crippen molar-refractivity contribution < 1.29 is 9.53 Å². The average Bonchev–Trinajstić information content (AvgIpc) is 2.68. The van der Waals surface area contributed by atoms with Gasteiger partial charge in [-0.05, 0) is 18.5 Å². The van der Waals surface area contributed by atoms with Crippen LogP contribution in [0.2, 0.25) is 0 Å². The Hall–Kier alpha value is -1.55. The number of carbonyl (C=O) groups excluding carboxylic acids is 1. The van der Waals surface area contributed by atoms with E-state index in [0.717, 1.165) is 25.1 Å². The molecule has 90 valence electrons. The minimum absolute atomic E-state index is 0.0277. The van der Waals surface area contributed by atoms with Crippen LogP contribution >= 0.6 is 0 Å². The molecule has 1 amide bonds. The zero-order valence-electron chi connectivity index (χ0n) is 9.63. The Morgan fingerprint density at radius 1 is 1.35 bits per heavy atom. The van der Waals surface area contributed by atoms with Crippen LogP contribution in [0.3, 0.4) is 0 Å². The van der Waals surface area contributed by atoms with Crippen LogP contribution in [0.15, 0.2) is 30.3 Å². The predicted octanol–water partition coefficient (Wildman–Crippen LogP) is 1.37. The first-order chi connectivity index (χ1) is 8.34. The molecule has 0 aromatic heterocycles. The third-order valence-electron chi connectivity index (χ3n) is 3.47. The number of ether oxygens (including phenoxy) is 1. The molecular weight excluding hydrogens is 216 g/mol. The lowest BCUT2D eigenvalue weighted by Gasteiger charge is -2.28. The second kappa shape index (κ2) is 4.37. The van der Waals surface area contributed by atoms with Crippen molar-refractivity contribution in [2.75, 3.05) is 13.1 Å². The SMILES string of the molecule is O=C1O[C@H]2CNCC[C@H]2N1Cc1ccccc1. The number of hydrogen-bond acceptors (Lipinski definition) is 3. The maximum absolute atomic E-state index is 11.8. The highest BCUT2D eigenvalue weighted by molar-refractivity contribution is 5.70. The van der Waals surface area contributed by atoms with Gasteiger partial charge in [-0.15, -0.1) is 0 Å². The van der Waals surface area contributed by atoms with Gasteiger partial charge in [0.05, 0.1) is 6.04 Å². The van der Waals surface area contributed by atoms with E-state index in [4.69, 9.17) is 4.74 Å². The van der Waals surface area contributed by atoms with E-state index >= 15 is 0 Å². The Labute approximate surface area is 101 Å². The van der Waals surface area contributed by atoms with E-state index in [2.05, 4.69) is 5.32 Å². The monoisotopic (exact) mass is 232 g/mol. The third kappa shape index (κ3) is 2.00. The zero-order valence-corrected chi connectivity index (χ0v) is 9.63. The molecule has 2 heterocycles. The lowest BCUT2D eigenvalue weighted by Crippen LogP contribution is -2.46. The first-order valence-corrected chi connectivity index (χ1v) is 6.06. The fourth-order valence-electron chi connectivity index (χ4n) is 2.59. The smallest absolute Gasteiger partial charge is 0.410 e. The molecule has 3 rings (SSSR count). The van der Waals surface area contributed by atoms with Crippen molar-refractivity contribution in [2.45, 2.75) is 25.1 Å². The molecule has 0 unspecified atom stereocenters. The van der Waals surface area contributed by atoms with Crippen molar-refractivity contribution in [1.29, 1.82) is 0 Å². The molecule has 0 radical (unpaired) electrons. The summed E-state index contributed by atoms with van der Waals surface area (Å²) in [7, 11) is 0. The molecule has 0 aliphatic carbocycles. The molecule has 4 nitrogen and oxygen atoms in total. The Bertz CT molecular complexity index is 407. The number of benzene rings is 1. The van der Waals surface area contributed by atoms with Gasteiger partial charge < -0.3 is 10.1 Å². The summed E-state index contributed by atoms with van der Waals surface area (Å²) >= 11 is 0. The zero-order chi connectivity index (χ0) is 11.7. The number of nitrogens with one attached hydrogen (secondary N) is 1. The van der Waals surface area contributed by atoms with Gasteiger partial charge >= 0.3 is 6.09 Å². The normalized spacial score (nSPS) is 27.8. The van der Waals surface area contributed by atoms with Gasteiger partial charge in [0.1, 0.15) is 6.10 Å². The summed E-state index contributed by atoms with van der Waals surface area (Å²) in [5.74, 6) is 0. The highest BCUT2D eigenvalue weighted by Gasteiger charge is 2.42. The average molecular weight is 232 g/mol. The van der Waals surface area contributed by atoms with Crippen molar-refractivity contribution in [3.05, 3.63) is 35.9 Å². The molecule has 1 aromatic carbocycles. The molecule has 4 heteroatoms. The topological polar surface area (TPSA) is 41.6 Å². The van der Waals surface area contributed by atoms with E-state index < -0.39 is 0 Å². The molecule has 2 aliphatic rings. The number of hydrogen-bond donors (Lipinski definition) is 1. The van der Waals surface area contributed by atoms with Crippen LogP contribution in [-0.2, 0) is 11.3 Å². The van der Waals surface area contributed by atoms with E-state index in [9.17, 15) is 4.79 Å². The van der Waals surface area contributed by atoms with Crippen molar-refractivity contribution in [3.8, 4) is 0 Å². The van der Waals surface area contributed by atoms with Gasteiger partial charge in [0, 0.05) is 13.1 Å². The summed E-state index contributed by atoms with van der Waals surface area (Å²) < 4.78 is 5.37. The molecule has 0 saturated carbocycles. The number of fused-ring (bicyclic) bond motifs is 1. The van der Waals surface area contributed by atoms with Crippen LogP contribution < -0.4 is 5.32 Å². The van der Waals surface area contributed by atoms with Gasteiger partial charge in [-0.1, -0.05) is 30.3 Å². The van der Waals surface area contributed by atoms with E-state index in [-0.39, 0.29) is 18.2 Å². The second-order valence-corrected chi connectivity index (χ2v) is 4.60. The second-order valence-electron chi connectivity index (χ2n) is 4.60. The minimum atomic E-state index is -0.174. The summed E-state index contributed by atoms with van der Waals surface area (Å²) in [5, 5.41) is 3.26. The van der Waals surface area contributed by atoms with Gasteiger partial charge in [0.2, 0.25) is 0 Å². The lowest BCUT2D eigenvalue weighted by molar-refractivity contribution is 0.121. The molecule has 1 N–H and O–H groups in total. The number of nitrogens with zero attached hydrogens (tertiary/aromatic N) is 1. The Kier molecular flexibility index (Phi) is 2.73. The van der Waals surface area contributed by atoms with Crippen LogP contribution in [0.1, 0.15) is 12.0 Å². The predicted molar refractivity (Wildman–Crippen MR) is 63.5 cm³/mol. The summed E-state index contributed by atoms with van der Waals surface area (Å²) in [6.07, 6.45) is 0.830. The van der Waals surface area contributed by atoms with Gasteiger partial charge in [-0.3, -0.25) is 4.90 Å². The van der Waals surface area contributed by atoms with E-state index in [1.807, 2.05) is 35.2 Å². The van der Waals surface area contributed by atoms with Crippen molar-refractivity contribution >= 4 is 6.09 Å². The van der Waals surface area contributed by atoms with Crippen molar-refractivity contribution in [3.63, 3.8) is 0 Å². The van der Waals surface area contributed by atoms with Crippen LogP contribution in [-0.4, -0.2) is 36.2 Å². The van der Waals surface area contributed by atoms with Gasteiger partial charge in [0.25, 0.3) is 0 Å². The molecule has 17 heavy (non-hydrogen) atoms.